The number of fused-ring (bicyclic) bond motifs is 1. The molecule has 0 radical (unpaired) electrons. The maximum Gasteiger partial charge on any atom is 0.333 e. The number of rotatable bonds is 10. The molecule has 0 saturated carbocycles. The van der Waals surface area contributed by atoms with E-state index in [4.69, 9.17) is 4.84 Å². The van der Waals surface area contributed by atoms with Crippen LogP contribution >= 0.6 is 0 Å². The lowest BCUT2D eigenvalue weighted by molar-refractivity contribution is -0.168. The number of unbranched alkanes of at least 4 members (excludes halogenated alkanes) is 6. The summed E-state index contributed by atoms with van der Waals surface area (Å²) in [5, 5.41) is 0.572. The van der Waals surface area contributed by atoms with Crippen LogP contribution in [0.4, 0.5) is 0 Å². The number of hydrogen-bond donors (Lipinski definition) is 0. The van der Waals surface area contributed by atoms with Crippen molar-refractivity contribution in [3.05, 3.63) is 48.0 Å². The highest BCUT2D eigenvalue weighted by molar-refractivity contribution is 6.20. The van der Waals surface area contributed by atoms with Crippen molar-refractivity contribution in [2.75, 3.05) is 0 Å². The first-order chi connectivity index (χ1) is 11.6. The number of amides is 2. The molecule has 0 spiro atoms. The Morgan fingerprint density at radius 3 is 2.08 bits per heavy atom. The summed E-state index contributed by atoms with van der Waals surface area (Å²) in [5.41, 5.74) is 0.546. The highest BCUT2D eigenvalue weighted by Crippen LogP contribution is 2.23. The summed E-state index contributed by atoms with van der Waals surface area (Å²) in [6.45, 7) is 3.69. The van der Waals surface area contributed by atoms with Gasteiger partial charge >= 0.3 is 5.97 Å². The number of nitrogens with zero attached hydrogens (tertiary/aromatic N) is 1. The first kappa shape index (κ1) is 17.9. The van der Waals surface area contributed by atoms with E-state index in [1.165, 1.54) is 6.42 Å². The van der Waals surface area contributed by atoms with Gasteiger partial charge in [0, 0.05) is 6.42 Å². The van der Waals surface area contributed by atoms with Crippen molar-refractivity contribution >= 4 is 17.8 Å². The zero-order chi connectivity index (χ0) is 17.4. The molecule has 0 N–H and O–H groups in total. The molecule has 1 aromatic carbocycles. The number of carbonyl (C=O) groups is 3. The van der Waals surface area contributed by atoms with E-state index in [1.807, 2.05) is 6.08 Å². The van der Waals surface area contributed by atoms with Gasteiger partial charge in [0.2, 0.25) is 0 Å². The Balaban J connectivity index is 1.68. The first-order valence-electron chi connectivity index (χ1n) is 8.44. The summed E-state index contributed by atoms with van der Waals surface area (Å²) >= 11 is 0. The lowest BCUT2D eigenvalue weighted by atomic mass is 10.1. The SMILES string of the molecule is C=CCCCCCCCCC(=O)ON1C(=O)c2ccccc2C1=O. The average Bonchev–Trinajstić information content (AvgIpc) is 2.83. The van der Waals surface area contributed by atoms with Gasteiger partial charge in [-0.2, -0.15) is 0 Å². The molecule has 0 aliphatic carbocycles. The van der Waals surface area contributed by atoms with Crippen LogP contribution in [0.1, 0.15) is 72.1 Å². The number of allylic oxidation sites excluding steroid dienone is 1. The van der Waals surface area contributed by atoms with Gasteiger partial charge in [-0.05, 0) is 31.4 Å². The summed E-state index contributed by atoms with van der Waals surface area (Å²) in [7, 11) is 0. The molecule has 0 saturated heterocycles. The van der Waals surface area contributed by atoms with Gasteiger partial charge in [0.05, 0.1) is 11.1 Å². The number of imide groups is 1. The number of hydroxylamine groups is 2. The highest BCUT2D eigenvalue weighted by atomic mass is 16.7. The molecule has 5 heteroatoms. The molecule has 1 aromatic rings. The standard InChI is InChI=1S/C19H23NO4/c1-2-3-4-5-6-7-8-9-14-17(21)24-20-18(22)15-12-10-11-13-16(15)19(20)23/h2,10-13H,1,3-9,14H2. The van der Waals surface area contributed by atoms with Crippen molar-refractivity contribution < 1.29 is 19.2 Å². The molecule has 0 fully saturated rings. The number of carbonyl (C=O) groups excluding carboxylic acids is 3. The summed E-state index contributed by atoms with van der Waals surface area (Å²) in [6.07, 6.45) is 9.35. The Morgan fingerprint density at radius 2 is 1.50 bits per heavy atom. The first-order valence-corrected chi connectivity index (χ1v) is 8.44. The molecule has 1 aliphatic heterocycles. The molecule has 24 heavy (non-hydrogen) atoms. The fraction of sp³-hybridized carbons (Fsp3) is 0.421. The lowest BCUT2D eigenvalue weighted by Gasteiger charge is -2.12. The van der Waals surface area contributed by atoms with Crippen LogP contribution in [0.5, 0.6) is 0 Å². The fourth-order valence-electron chi connectivity index (χ4n) is 2.66. The van der Waals surface area contributed by atoms with Crippen molar-refractivity contribution in [1.82, 2.24) is 5.06 Å². The smallest absolute Gasteiger partial charge is 0.330 e. The third-order valence-corrected chi connectivity index (χ3v) is 3.99. The van der Waals surface area contributed by atoms with Gasteiger partial charge < -0.3 is 4.84 Å². The van der Waals surface area contributed by atoms with Crippen molar-refractivity contribution in [3.63, 3.8) is 0 Å². The van der Waals surface area contributed by atoms with E-state index >= 15 is 0 Å². The third-order valence-electron chi connectivity index (χ3n) is 3.99. The monoisotopic (exact) mass is 329 g/mol. The van der Waals surface area contributed by atoms with E-state index in [9.17, 15) is 14.4 Å². The topological polar surface area (TPSA) is 63.7 Å². The second-order valence-electron chi connectivity index (χ2n) is 5.86. The van der Waals surface area contributed by atoms with Gasteiger partial charge in [0.1, 0.15) is 0 Å². The van der Waals surface area contributed by atoms with Crippen LogP contribution in [0.25, 0.3) is 0 Å². The van der Waals surface area contributed by atoms with E-state index in [-0.39, 0.29) is 17.5 Å². The van der Waals surface area contributed by atoms with Gasteiger partial charge in [-0.25, -0.2) is 4.79 Å². The molecule has 0 unspecified atom stereocenters. The van der Waals surface area contributed by atoms with E-state index in [1.54, 1.807) is 24.3 Å². The van der Waals surface area contributed by atoms with Crippen LogP contribution in [-0.4, -0.2) is 22.8 Å². The minimum absolute atomic E-state index is 0.208. The highest BCUT2D eigenvalue weighted by Gasteiger charge is 2.38. The molecular weight excluding hydrogens is 306 g/mol. The van der Waals surface area contributed by atoms with Gasteiger partial charge in [0.15, 0.2) is 0 Å². The van der Waals surface area contributed by atoms with Crippen molar-refractivity contribution in [2.45, 2.75) is 51.4 Å². The lowest BCUT2D eigenvalue weighted by Crippen LogP contribution is -2.32. The predicted molar refractivity (Wildman–Crippen MR) is 90.2 cm³/mol. The van der Waals surface area contributed by atoms with Crippen molar-refractivity contribution in [3.8, 4) is 0 Å². The van der Waals surface area contributed by atoms with Crippen LogP contribution in [-0.2, 0) is 9.63 Å². The quantitative estimate of drug-likeness (QED) is 0.369. The average molecular weight is 329 g/mol. The zero-order valence-electron chi connectivity index (χ0n) is 13.8. The molecule has 0 aromatic heterocycles. The van der Waals surface area contributed by atoms with Crippen LogP contribution in [0, 0.1) is 0 Å². The molecule has 128 valence electrons. The maximum atomic E-state index is 12.1. The molecule has 0 atom stereocenters. The molecule has 2 rings (SSSR count). The Labute approximate surface area is 142 Å². The van der Waals surface area contributed by atoms with Crippen LogP contribution in [0.2, 0.25) is 0 Å². The normalized spacial score (nSPS) is 13.1. The van der Waals surface area contributed by atoms with Gasteiger partial charge in [-0.15, -0.1) is 6.58 Å². The minimum atomic E-state index is -0.578. The fourth-order valence-corrected chi connectivity index (χ4v) is 2.66. The zero-order valence-corrected chi connectivity index (χ0v) is 13.8. The number of hydrogen-bond acceptors (Lipinski definition) is 4. The van der Waals surface area contributed by atoms with Crippen LogP contribution < -0.4 is 0 Å². The number of benzene rings is 1. The van der Waals surface area contributed by atoms with E-state index in [2.05, 4.69) is 6.58 Å². The predicted octanol–water partition coefficient (Wildman–Crippen LogP) is 4.05. The molecule has 2 amide bonds. The molecule has 1 aliphatic rings. The minimum Gasteiger partial charge on any atom is -0.330 e. The molecule has 5 nitrogen and oxygen atoms in total. The van der Waals surface area contributed by atoms with Crippen LogP contribution in [0.15, 0.2) is 36.9 Å². The molecular formula is C19H23NO4. The maximum absolute atomic E-state index is 12.1. The van der Waals surface area contributed by atoms with Gasteiger partial charge in [-0.1, -0.05) is 49.0 Å². The molecule has 1 heterocycles. The summed E-state index contributed by atoms with van der Waals surface area (Å²) in [6, 6.07) is 6.44. The van der Waals surface area contributed by atoms with Crippen molar-refractivity contribution in [1.29, 1.82) is 0 Å². The summed E-state index contributed by atoms with van der Waals surface area (Å²) in [4.78, 5) is 40.9. The third kappa shape index (κ3) is 4.54. The van der Waals surface area contributed by atoms with E-state index < -0.39 is 17.8 Å². The molecule has 0 bridgehead atoms. The van der Waals surface area contributed by atoms with E-state index in [0.29, 0.717) is 11.5 Å². The summed E-state index contributed by atoms with van der Waals surface area (Å²) in [5.74, 6) is -1.70. The Bertz CT molecular complexity index is 589. The Hall–Kier alpha value is -2.43. The van der Waals surface area contributed by atoms with Gasteiger partial charge in [0.25, 0.3) is 11.8 Å². The second-order valence-corrected chi connectivity index (χ2v) is 5.86. The Morgan fingerprint density at radius 1 is 0.958 bits per heavy atom. The van der Waals surface area contributed by atoms with Gasteiger partial charge in [-0.3, -0.25) is 9.59 Å². The largest absolute Gasteiger partial charge is 0.333 e. The van der Waals surface area contributed by atoms with Crippen molar-refractivity contribution in [2.24, 2.45) is 0 Å². The summed E-state index contributed by atoms with van der Waals surface area (Å²) < 4.78 is 0. The van der Waals surface area contributed by atoms with E-state index in [0.717, 1.165) is 32.1 Å². The second kappa shape index (κ2) is 9.01. The Kier molecular flexibility index (Phi) is 6.73. The van der Waals surface area contributed by atoms with Crippen LogP contribution in [0.3, 0.4) is 0 Å².